The molecule has 4 heterocycles. The standard InChI is InChI=1S/C26H35BrN4O6/c27-18-15-26-20(19(21(18)37-26)23(33)29-16-17-5-2-1-3-6-17)25(35)31(8-4-12-32)22(26)24(34)28-7-9-30-10-13-36-14-11-30/h1-3,5-6,18-22,32H,4,7-16H2,(H,28,34)(H,29,33)/t18?,19-,20+,21-,22?,26?/m1/s1. The Hall–Kier alpha value is -2.05. The summed E-state index contributed by atoms with van der Waals surface area (Å²) in [7, 11) is 0. The van der Waals surface area contributed by atoms with E-state index in [2.05, 4.69) is 31.5 Å². The smallest absolute Gasteiger partial charge is 0.245 e. The summed E-state index contributed by atoms with van der Waals surface area (Å²) in [5.41, 5.74) is -0.117. The molecule has 6 atom stereocenters. The number of ether oxygens (including phenoxy) is 2. The molecule has 11 heteroatoms. The molecular formula is C26H35BrN4O6. The number of rotatable bonds is 10. The molecule has 0 saturated carbocycles. The van der Waals surface area contributed by atoms with Gasteiger partial charge < -0.3 is 30.1 Å². The summed E-state index contributed by atoms with van der Waals surface area (Å²) < 4.78 is 11.9. The molecule has 202 valence electrons. The first kappa shape index (κ1) is 26.6. The fourth-order valence-corrected chi connectivity index (χ4v) is 7.32. The molecule has 2 bridgehead atoms. The van der Waals surface area contributed by atoms with Gasteiger partial charge in [0.2, 0.25) is 17.7 Å². The van der Waals surface area contributed by atoms with Crippen molar-refractivity contribution in [2.24, 2.45) is 11.8 Å². The Bertz CT molecular complexity index is 993. The lowest BCUT2D eigenvalue weighted by atomic mass is 9.70. The van der Waals surface area contributed by atoms with Crippen LogP contribution in [0.2, 0.25) is 0 Å². The molecule has 3 unspecified atom stereocenters. The van der Waals surface area contributed by atoms with Crippen LogP contribution in [0.25, 0.3) is 0 Å². The van der Waals surface area contributed by atoms with Gasteiger partial charge in [0, 0.05) is 50.7 Å². The van der Waals surface area contributed by atoms with Crippen LogP contribution in [0.4, 0.5) is 0 Å². The van der Waals surface area contributed by atoms with E-state index >= 15 is 0 Å². The van der Waals surface area contributed by atoms with Crippen LogP contribution in [0, 0.1) is 11.8 Å². The summed E-state index contributed by atoms with van der Waals surface area (Å²) in [6.07, 6.45) is 0.319. The number of amides is 3. The van der Waals surface area contributed by atoms with Gasteiger partial charge in [0.15, 0.2) is 0 Å². The highest BCUT2D eigenvalue weighted by molar-refractivity contribution is 9.09. The summed E-state index contributed by atoms with van der Waals surface area (Å²) >= 11 is 3.68. The van der Waals surface area contributed by atoms with Crippen molar-refractivity contribution < 1.29 is 29.0 Å². The Morgan fingerprint density at radius 2 is 1.86 bits per heavy atom. The molecule has 1 aromatic rings. The summed E-state index contributed by atoms with van der Waals surface area (Å²) in [5, 5.41) is 15.5. The lowest BCUT2D eigenvalue weighted by Crippen LogP contribution is -2.56. The van der Waals surface area contributed by atoms with Crippen molar-refractivity contribution in [1.82, 2.24) is 20.4 Å². The molecule has 1 spiro atoms. The highest BCUT2D eigenvalue weighted by Gasteiger charge is 2.76. The number of carbonyl (C=O) groups excluding carboxylic acids is 3. The molecule has 3 N–H and O–H groups in total. The maximum Gasteiger partial charge on any atom is 0.245 e. The summed E-state index contributed by atoms with van der Waals surface area (Å²) in [4.78, 5) is 44.5. The molecule has 3 amide bonds. The normalized spacial score (nSPS) is 33.0. The van der Waals surface area contributed by atoms with Crippen molar-refractivity contribution in [3.63, 3.8) is 0 Å². The van der Waals surface area contributed by atoms with E-state index in [-0.39, 0.29) is 35.7 Å². The second-order valence-corrected chi connectivity index (χ2v) is 11.4. The van der Waals surface area contributed by atoms with Gasteiger partial charge >= 0.3 is 0 Å². The molecule has 0 aliphatic carbocycles. The predicted octanol–water partition coefficient (Wildman–Crippen LogP) is -0.118. The van der Waals surface area contributed by atoms with Crippen LogP contribution in [-0.2, 0) is 30.4 Å². The van der Waals surface area contributed by atoms with Gasteiger partial charge in [0.25, 0.3) is 0 Å². The first-order chi connectivity index (χ1) is 18.0. The van der Waals surface area contributed by atoms with E-state index in [1.165, 1.54) is 4.90 Å². The maximum absolute atomic E-state index is 13.8. The number of aliphatic hydroxyl groups is 1. The number of alkyl halides is 1. The van der Waals surface area contributed by atoms with E-state index in [9.17, 15) is 19.5 Å². The molecule has 4 saturated heterocycles. The zero-order valence-corrected chi connectivity index (χ0v) is 22.4. The Morgan fingerprint density at radius 3 is 2.59 bits per heavy atom. The van der Waals surface area contributed by atoms with Gasteiger partial charge in [0.05, 0.1) is 31.2 Å². The molecule has 5 rings (SSSR count). The van der Waals surface area contributed by atoms with Crippen molar-refractivity contribution in [1.29, 1.82) is 0 Å². The average Bonchev–Trinajstić information content (AvgIpc) is 3.50. The molecule has 4 fully saturated rings. The van der Waals surface area contributed by atoms with Gasteiger partial charge in [-0.2, -0.15) is 0 Å². The molecule has 1 aromatic carbocycles. The van der Waals surface area contributed by atoms with Crippen LogP contribution in [0.3, 0.4) is 0 Å². The van der Waals surface area contributed by atoms with E-state index in [0.29, 0.717) is 45.7 Å². The van der Waals surface area contributed by atoms with Crippen molar-refractivity contribution in [3.05, 3.63) is 35.9 Å². The van der Waals surface area contributed by atoms with Gasteiger partial charge in [-0.15, -0.1) is 0 Å². The number of morpholine rings is 1. The topological polar surface area (TPSA) is 120 Å². The second-order valence-electron chi connectivity index (χ2n) is 10.2. The van der Waals surface area contributed by atoms with Crippen molar-refractivity contribution in [2.45, 2.75) is 42.0 Å². The number of hydrogen-bond acceptors (Lipinski definition) is 7. The maximum atomic E-state index is 13.8. The Labute approximate surface area is 225 Å². The largest absolute Gasteiger partial charge is 0.396 e. The number of nitrogens with zero attached hydrogens (tertiary/aromatic N) is 2. The monoisotopic (exact) mass is 578 g/mol. The van der Waals surface area contributed by atoms with Crippen LogP contribution in [0.5, 0.6) is 0 Å². The van der Waals surface area contributed by atoms with E-state index in [0.717, 1.165) is 18.7 Å². The van der Waals surface area contributed by atoms with Crippen LogP contribution in [0.1, 0.15) is 18.4 Å². The third-order valence-electron chi connectivity index (χ3n) is 8.04. The van der Waals surface area contributed by atoms with Gasteiger partial charge in [-0.1, -0.05) is 46.3 Å². The number of nitrogens with one attached hydrogen (secondary N) is 2. The highest BCUT2D eigenvalue weighted by atomic mass is 79.9. The lowest BCUT2D eigenvalue weighted by molar-refractivity contribution is -0.142. The quantitative estimate of drug-likeness (QED) is 0.331. The fourth-order valence-electron chi connectivity index (χ4n) is 6.37. The van der Waals surface area contributed by atoms with Gasteiger partial charge in [0.1, 0.15) is 11.6 Å². The van der Waals surface area contributed by atoms with Crippen LogP contribution >= 0.6 is 15.9 Å². The number of aliphatic hydroxyl groups excluding tert-OH is 1. The van der Waals surface area contributed by atoms with Crippen molar-refractivity contribution in [3.8, 4) is 0 Å². The van der Waals surface area contributed by atoms with Crippen molar-refractivity contribution in [2.75, 3.05) is 52.5 Å². The minimum absolute atomic E-state index is 0.0989. The van der Waals surface area contributed by atoms with Gasteiger partial charge in [-0.05, 0) is 18.4 Å². The van der Waals surface area contributed by atoms with Crippen LogP contribution in [-0.4, -0.2) is 108 Å². The van der Waals surface area contributed by atoms with Crippen LogP contribution < -0.4 is 10.6 Å². The Morgan fingerprint density at radius 1 is 1.11 bits per heavy atom. The van der Waals surface area contributed by atoms with Crippen LogP contribution in [0.15, 0.2) is 30.3 Å². The zero-order valence-electron chi connectivity index (χ0n) is 20.8. The third-order valence-corrected chi connectivity index (χ3v) is 8.88. The summed E-state index contributed by atoms with van der Waals surface area (Å²) in [6.45, 7) is 4.62. The average molecular weight is 579 g/mol. The number of halogens is 1. The molecule has 4 aliphatic rings. The number of hydrogen-bond donors (Lipinski definition) is 3. The number of fused-ring (bicyclic) bond motifs is 1. The summed E-state index contributed by atoms with van der Waals surface area (Å²) in [6, 6.07) is 8.75. The van der Waals surface area contributed by atoms with E-state index in [1.807, 2.05) is 30.3 Å². The molecule has 10 nitrogen and oxygen atoms in total. The fraction of sp³-hybridized carbons (Fsp3) is 0.654. The first-order valence-corrected chi connectivity index (χ1v) is 14.0. The third kappa shape index (κ3) is 5.04. The molecule has 37 heavy (non-hydrogen) atoms. The van der Waals surface area contributed by atoms with E-state index < -0.39 is 29.6 Å². The van der Waals surface area contributed by atoms with Crippen molar-refractivity contribution >= 4 is 33.7 Å². The number of carbonyl (C=O) groups is 3. The van der Waals surface area contributed by atoms with Gasteiger partial charge in [-0.25, -0.2) is 0 Å². The molecule has 4 aliphatic heterocycles. The predicted molar refractivity (Wildman–Crippen MR) is 138 cm³/mol. The number of likely N-dealkylation sites (tertiary alicyclic amines) is 1. The highest BCUT2D eigenvalue weighted by Crippen LogP contribution is 2.59. The molecule has 0 radical (unpaired) electrons. The summed E-state index contributed by atoms with van der Waals surface area (Å²) in [5.74, 6) is -2.20. The minimum atomic E-state index is -1.08. The Balaban J connectivity index is 1.33. The molecule has 0 aromatic heterocycles. The lowest BCUT2D eigenvalue weighted by Gasteiger charge is -2.34. The second kappa shape index (κ2) is 11.4. The molecular weight excluding hydrogens is 544 g/mol. The number of benzene rings is 1. The minimum Gasteiger partial charge on any atom is -0.396 e. The SMILES string of the molecule is O=C(NCCN1CCOCC1)C1N(CCCO)C(=O)[C@@H]2[C@@H](C(=O)NCc3ccccc3)[C@@H]3OC12CC3Br. The first-order valence-electron chi connectivity index (χ1n) is 13.1. The van der Waals surface area contributed by atoms with E-state index in [4.69, 9.17) is 9.47 Å². The Kier molecular flexibility index (Phi) is 8.16. The zero-order chi connectivity index (χ0) is 26.0. The van der Waals surface area contributed by atoms with Gasteiger partial charge in [-0.3, -0.25) is 19.3 Å². The van der Waals surface area contributed by atoms with E-state index in [1.54, 1.807) is 0 Å².